The molecule has 24 heavy (non-hydrogen) atoms. The highest BCUT2D eigenvalue weighted by molar-refractivity contribution is 5.92. The molecule has 4 nitrogen and oxygen atoms in total. The van der Waals surface area contributed by atoms with E-state index in [-0.39, 0.29) is 29.4 Å². The van der Waals surface area contributed by atoms with E-state index in [2.05, 4.69) is 10.3 Å². The monoisotopic (exact) mass is 324 g/mol. The zero-order valence-electron chi connectivity index (χ0n) is 13.0. The van der Waals surface area contributed by atoms with Crippen LogP contribution in [0.5, 0.6) is 0 Å². The number of fused-ring (bicyclic) bond motifs is 1. The number of hydrogen-bond donors (Lipinski definition) is 2. The van der Waals surface area contributed by atoms with Crippen LogP contribution in [0.4, 0.5) is 10.1 Å². The quantitative estimate of drug-likeness (QED) is 0.753. The van der Waals surface area contributed by atoms with Crippen molar-refractivity contribution >= 4 is 22.5 Å². The molecule has 0 radical (unpaired) electrons. The van der Waals surface area contributed by atoms with Crippen molar-refractivity contribution in [3.63, 3.8) is 0 Å². The van der Waals surface area contributed by atoms with Crippen LogP contribution in [0, 0.1) is 5.82 Å². The molecule has 3 aromatic rings. The third-order valence-corrected chi connectivity index (χ3v) is 3.84. The molecule has 0 unspecified atom stereocenters. The highest BCUT2D eigenvalue weighted by Gasteiger charge is 2.08. The largest absolute Gasteiger partial charge is 0.321 e. The molecule has 0 aliphatic heterocycles. The standard InChI is InChI=1S/C19H17FN2O2/c20-15-9-3-1-6-13(15)8-5-11-18(23)21-17-12-14-7-2-4-10-16(14)22-19(17)24/h1-4,6-7,9-10,12H,5,8,11H2,(H,21,23)(H,22,24). The van der Waals surface area contributed by atoms with Gasteiger partial charge in [-0.15, -0.1) is 0 Å². The number of para-hydroxylation sites is 1. The van der Waals surface area contributed by atoms with Crippen molar-refractivity contribution in [3.8, 4) is 0 Å². The highest BCUT2D eigenvalue weighted by atomic mass is 19.1. The maximum atomic E-state index is 13.5. The SMILES string of the molecule is O=C(CCCc1ccccc1F)Nc1cc2ccccc2[nH]c1=O. The Hall–Kier alpha value is -2.95. The third-order valence-electron chi connectivity index (χ3n) is 3.84. The van der Waals surface area contributed by atoms with Gasteiger partial charge in [0.25, 0.3) is 5.56 Å². The predicted molar refractivity (Wildman–Crippen MR) is 92.5 cm³/mol. The summed E-state index contributed by atoms with van der Waals surface area (Å²) in [6.07, 6.45) is 1.22. The molecule has 1 amide bonds. The number of H-pyrrole nitrogens is 1. The van der Waals surface area contributed by atoms with E-state index in [9.17, 15) is 14.0 Å². The van der Waals surface area contributed by atoms with Gasteiger partial charge >= 0.3 is 0 Å². The molecule has 0 saturated carbocycles. The molecule has 0 atom stereocenters. The molecule has 0 saturated heterocycles. The molecule has 1 aromatic heterocycles. The molecule has 122 valence electrons. The first kappa shape index (κ1) is 15.9. The zero-order valence-corrected chi connectivity index (χ0v) is 13.0. The first-order valence-electron chi connectivity index (χ1n) is 7.79. The second-order valence-corrected chi connectivity index (χ2v) is 5.59. The van der Waals surface area contributed by atoms with E-state index in [4.69, 9.17) is 0 Å². The number of carbonyl (C=O) groups is 1. The summed E-state index contributed by atoms with van der Waals surface area (Å²) in [4.78, 5) is 26.7. The van der Waals surface area contributed by atoms with E-state index in [1.54, 1.807) is 30.3 Å². The first-order valence-corrected chi connectivity index (χ1v) is 7.79. The van der Waals surface area contributed by atoms with Gasteiger partial charge in [-0.3, -0.25) is 9.59 Å². The van der Waals surface area contributed by atoms with Gasteiger partial charge in [0.05, 0.1) is 0 Å². The van der Waals surface area contributed by atoms with Gasteiger partial charge in [-0.2, -0.15) is 0 Å². The molecule has 3 rings (SSSR count). The van der Waals surface area contributed by atoms with Gasteiger partial charge in [0.15, 0.2) is 0 Å². The van der Waals surface area contributed by atoms with Crippen molar-refractivity contribution in [2.75, 3.05) is 5.32 Å². The van der Waals surface area contributed by atoms with Gasteiger partial charge in [0.2, 0.25) is 5.91 Å². The van der Waals surface area contributed by atoms with E-state index in [1.807, 2.05) is 18.2 Å². The molecule has 2 aromatic carbocycles. The number of nitrogens with one attached hydrogen (secondary N) is 2. The van der Waals surface area contributed by atoms with E-state index >= 15 is 0 Å². The van der Waals surface area contributed by atoms with E-state index in [1.165, 1.54) is 6.07 Å². The molecule has 0 aliphatic rings. The number of carbonyl (C=O) groups excluding carboxylic acids is 1. The highest BCUT2D eigenvalue weighted by Crippen LogP contribution is 2.14. The van der Waals surface area contributed by atoms with E-state index in [0.29, 0.717) is 18.4 Å². The van der Waals surface area contributed by atoms with Crippen molar-refractivity contribution in [2.45, 2.75) is 19.3 Å². The molecule has 0 fully saturated rings. The Morgan fingerprint density at radius 2 is 1.83 bits per heavy atom. The van der Waals surface area contributed by atoms with Crippen LogP contribution in [0.3, 0.4) is 0 Å². The molecular formula is C19H17FN2O2. The van der Waals surface area contributed by atoms with Crippen LogP contribution in [0.2, 0.25) is 0 Å². The maximum absolute atomic E-state index is 13.5. The Kier molecular flexibility index (Phi) is 4.70. The molecule has 1 heterocycles. The summed E-state index contributed by atoms with van der Waals surface area (Å²) < 4.78 is 13.5. The second-order valence-electron chi connectivity index (χ2n) is 5.59. The lowest BCUT2D eigenvalue weighted by atomic mass is 10.1. The van der Waals surface area contributed by atoms with Crippen molar-refractivity contribution in [1.82, 2.24) is 4.98 Å². The first-order chi connectivity index (χ1) is 11.6. The third kappa shape index (κ3) is 3.68. The fourth-order valence-corrected chi connectivity index (χ4v) is 2.59. The molecule has 5 heteroatoms. The van der Waals surface area contributed by atoms with Crippen LogP contribution in [0.25, 0.3) is 10.9 Å². The van der Waals surface area contributed by atoms with Crippen LogP contribution < -0.4 is 10.9 Å². The van der Waals surface area contributed by atoms with Crippen LogP contribution >= 0.6 is 0 Å². The molecule has 0 aliphatic carbocycles. The number of pyridine rings is 1. The fourth-order valence-electron chi connectivity index (χ4n) is 2.59. The minimum atomic E-state index is -0.337. The number of amides is 1. The number of hydrogen-bond acceptors (Lipinski definition) is 2. The minimum Gasteiger partial charge on any atom is -0.321 e. The zero-order chi connectivity index (χ0) is 16.9. The second kappa shape index (κ2) is 7.08. The van der Waals surface area contributed by atoms with Crippen LogP contribution in [0.15, 0.2) is 59.4 Å². The lowest BCUT2D eigenvalue weighted by Gasteiger charge is -2.06. The number of benzene rings is 2. The molecule has 0 bridgehead atoms. The predicted octanol–water partition coefficient (Wildman–Crippen LogP) is 3.63. The summed E-state index contributed by atoms with van der Waals surface area (Å²) >= 11 is 0. The number of anilines is 1. The number of aromatic amines is 1. The summed E-state index contributed by atoms with van der Waals surface area (Å²) in [5.41, 5.74) is 1.20. The summed E-state index contributed by atoms with van der Waals surface area (Å²) in [6.45, 7) is 0. The number of rotatable bonds is 5. The van der Waals surface area contributed by atoms with Crippen LogP contribution in [0.1, 0.15) is 18.4 Å². The van der Waals surface area contributed by atoms with Gasteiger partial charge in [-0.05, 0) is 36.6 Å². The Bertz CT molecular complexity index is 934. The van der Waals surface area contributed by atoms with Crippen molar-refractivity contribution < 1.29 is 9.18 Å². The Labute approximate surface area is 138 Å². The van der Waals surface area contributed by atoms with Crippen molar-refractivity contribution in [1.29, 1.82) is 0 Å². The van der Waals surface area contributed by atoms with Gasteiger partial charge in [-0.1, -0.05) is 36.4 Å². The van der Waals surface area contributed by atoms with Crippen LogP contribution in [-0.2, 0) is 11.2 Å². The van der Waals surface area contributed by atoms with Gasteiger partial charge in [0.1, 0.15) is 11.5 Å². The number of aromatic nitrogens is 1. The maximum Gasteiger partial charge on any atom is 0.272 e. The normalized spacial score (nSPS) is 10.7. The summed E-state index contributed by atoms with van der Waals surface area (Å²) in [5.74, 6) is -0.518. The smallest absolute Gasteiger partial charge is 0.272 e. The van der Waals surface area contributed by atoms with E-state index < -0.39 is 0 Å². The van der Waals surface area contributed by atoms with E-state index in [0.717, 1.165) is 10.9 Å². The van der Waals surface area contributed by atoms with Gasteiger partial charge in [-0.25, -0.2) is 4.39 Å². The lowest BCUT2D eigenvalue weighted by molar-refractivity contribution is -0.116. The number of halogens is 1. The topological polar surface area (TPSA) is 62.0 Å². The summed E-state index contributed by atoms with van der Waals surface area (Å²) in [6, 6.07) is 15.5. The van der Waals surface area contributed by atoms with Crippen LogP contribution in [-0.4, -0.2) is 10.9 Å². The summed E-state index contributed by atoms with van der Waals surface area (Å²) in [5, 5.41) is 3.47. The summed E-state index contributed by atoms with van der Waals surface area (Å²) in [7, 11) is 0. The van der Waals surface area contributed by atoms with Crippen molar-refractivity contribution in [3.05, 3.63) is 76.3 Å². The Balaban J connectivity index is 1.62. The number of aryl methyl sites for hydroxylation is 1. The minimum absolute atomic E-state index is 0.223. The molecule has 0 spiro atoms. The fraction of sp³-hybridized carbons (Fsp3) is 0.158. The Morgan fingerprint density at radius 3 is 2.67 bits per heavy atom. The molecular weight excluding hydrogens is 307 g/mol. The lowest BCUT2D eigenvalue weighted by Crippen LogP contribution is -2.19. The average molecular weight is 324 g/mol. The van der Waals surface area contributed by atoms with Gasteiger partial charge in [0, 0.05) is 17.3 Å². The van der Waals surface area contributed by atoms with Gasteiger partial charge < -0.3 is 10.3 Å². The average Bonchev–Trinajstić information content (AvgIpc) is 2.57. The Morgan fingerprint density at radius 1 is 1.08 bits per heavy atom. The van der Waals surface area contributed by atoms with Crippen molar-refractivity contribution in [2.24, 2.45) is 0 Å². The molecule has 2 N–H and O–H groups in total.